The highest BCUT2D eigenvalue weighted by molar-refractivity contribution is 5.97. The molecule has 4 heterocycles. The van der Waals surface area contributed by atoms with Gasteiger partial charge in [-0.1, -0.05) is 0 Å². The molecule has 0 radical (unpaired) electrons. The molecule has 25 heavy (non-hydrogen) atoms. The summed E-state index contributed by atoms with van der Waals surface area (Å²) in [5, 5.41) is 0.150. The van der Waals surface area contributed by atoms with Crippen LogP contribution in [0.25, 0.3) is 10.9 Å². The highest BCUT2D eigenvalue weighted by atomic mass is 19.1. The van der Waals surface area contributed by atoms with E-state index in [9.17, 15) is 18.8 Å². The van der Waals surface area contributed by atoms with E-state index in [4.69, 9.17) is 0 Å². The van der Waals surface area contributed by atoms with Crippen LogP contribution in [0.3, 0.4) is 0 Å². The van der Waals surface area contributed by atoms with Gasteiger partial charge in [-0.15, -0.1) is 0 Å². The van der Waals surface area contributed by atoms with Crippen molar-refractivity contribution in [3.05, 3.63) is 46.0 Å². The number of aromatic amines is 1. The van der Waals surface area contributed by atoms with Gasteiger partial charge < -0.3 is 14.8 Å². The average molecular weight is 343 g/mol. The van der Waals surface area contributed by atoms with Crippen molar-refractivity contribution < 1.29 is 14.0 Å². The Morgan fingerprint density at radius 3 is 2.84 bits per heavy atom. The minimum absolute atomic E-state index is 0.0190. The number of nitrogens with one attached hydrogen (secondary N) is 1. The Kier molecular flexibility index (Phi) is 3.59. The predicted octanol–water partition coefficient (Wildman–Crippen LogP) is 1.36. The van der Waals surface area contributed by atoms with Gasteiger partial charge in [0.1, 0.15) is 11.4 Å². The number of hydrogen-bond acceptors (Lipinski definition) is 3. The molecule has 7 heteroatoms. The molecule has 1 aromatic heterocycles. The molecule has 2 atom stereocenters. The maximum absolute atomic E-state index is 13.5. The summed E-state index contributed by atoms with van der Waals surface area (Å²) in [5.41, 5.74) is -0.0298. The number of nitrogens with zero attached hydrogens (tertiary/aromatic N) is 2. The minimum Gasteiger partial charge on any atom is -0.360 e. The molecule has 2 aromatic rings. The molecule has 0 aliphatic carbocycles. The predicted molar refractivity (Wildman–Crippen MR) is 89.7 cm³/mol. The monoisotopic (exact) mass is 343 g/mol. The van der Waals surface area contributed by atoms with Crippen LogP contribution in [-0.4, -0.2) is 52.8 Å². The Morgan fingerprint density at radius 2 is 2.04 bits per heavy atom. The number of benzene rings is 1. The van der Waals surface area contributed by atoms with Gasteiger partial charge >= 0.3 is 0 Å². The van der Waals surface area contributed by atoms with E-state index in [2.05, 4.69) is 4.98 Å². The first-order valence-corrected chi connectivity index (χ1v) is 8.32. The smallest absolute Gasteiger partial charge is 0.259 e. The topological polar surface area (TPSA) is 73.5 Å². The quantitative estimate of drug-likeness (QED) is 0.850. The van der Waals surface area contributed by atoms with Crippen LogP contribution in [0.2, 0.25) is 0 Å². The number of fused-ring (bicyclic) bond motifs is 5. The summed E-state index contributed by atoms with van der Waals surface area (Å²) in [6, 6.07) is 3.84. The van der Waals surface area contributed by atoms with Crippen molar-refractivity contribution in [3.63, 3.8) is 0 Å². The molecule has 0 saturated carbocycles. The van der Waals surface area contributed by atoms with E-state index < -0.39 is 17.2 Å². The number of likely N-dealkylation sites (N-methyl/N-ethyl adjacent to an activating group) is 1. The minimum atomic E-state index is -0.525. The van der Waals surface area contributed by atoms with Gasteiger partial charge in [0.25, 0.3) is 5.91 Å². The van der Waals surface area contributed by atoms with Gasteiger partial charge in [-0.2, -0.15) is 0 Å². The van der Waals surface area contributed by atoms with Crippen LogP contribution in [0.5, 0.6) is 0 Å². The molecule has 0 unspecified atom stereocenters. The van der Waals surface area contributed by atoms with Crippen LogP contribution in [0, 0.1) is 11.7 Å². The first-order chi connectivity index (χ1) is 12.0. The van der Waals surface area contributed by atoms with Gasteiger partial charge in [0.15, 0.2) is 0 Å². The fourth-order valence-corrected chi connectivity index (χ4v) is 3.84. The van der Waals surface area contributed by atoms with Crippen LogP contribution in [0.4, 0.5) is 4.39 Å². The highest BCUT2D eigenvalue weighted by Crippen LogP contribution is 2.28. The Balaban J connectivity index is 1.72. The van der Waals surface area contributed by atoms with Crippen molar-refractivity contribution in [1.29, 1.82) is 0 Å². The lowest BCUT2D eigenvalue weighted by molar-refractivity contribution is -0.138. The van der Waals surface area contributed by atoms with Gasteiger partial charge in [-0.05, 0) is 31.0 Å². The lowest BCUT2D eigenvalue weighted by Gasteiger charge is -2.32. The maximum atomic E-state index is 13.5. The van der Waals surface area contributed by atoms with Crippen molar-refractivity contribution in [2.75, 3.05) is 20.1 Å². The first kappa shape index (κ1) is 15.8. The number of H-pyrrole nitrogens is 1. The third kappa shape index (κ3) is 2.50. The standard InChI is InChI=1S/C18H18FN3O3/c1-21-12-4-2-10(17(21)24)8-22(9-12)18(25)14-7-20-15-5-3-11(19)6-13(15)16(14)23/h3,5-7,10,12H,2,4,8-9H2,1H3,(H,20,23)/t10-,12+/m1/s1. The summed E-state index contributed by atoms with van der Waals surface area (Å²) in [5.74, 6) is -1.10. The number of halogens is 1. The van der Waals surface area contributed by atoms with Crippen molar-refractivity contribution in [2.45, 2.75) is 18.9 Å². The van der Waals surface area contributed by atoms with Crippen LogP contribution in [0.15, 0.2) is 29.2 Å². The number of amides is 2. The maximum Gasteiger partial charge on any atom is 0.259 e. The number of carbonyl (C=O) groups excluding carboxylic acids is 2. The molecule has 6 nitrogen and oxygen atoms in total. The molecule has 3 saturated heterocycles. The van der Waals surface area contributed by atoms with E-state index in [1.165, 1.54) is 18.3 Å². The molecule has 0 spiro atoms. The zero-order chi connectivity index (χ0) is 17.7. The van der Waals surface area contributed by atoms with Crippen molar-refractivity contribution in [3.8, 4) is 0 Å². The van der Waals surface area contributed by atoms with E-state index in [1.54, 1.807) is 16.8 Å². The van der Waals surface area contributed by atoms with E-state index in [0.717, 1.165) is 18.9 Å². The molecule has 3 fully saturated rings. The molecular weight excluding hydrogens is 325 g/mol. The van der Waals surface area contributed by atoms with Crippen LogP contribution >= 0.6 is 0 Å². The van der Waals surface area contributed by atoms with Gasteiger partial charge in [-0.3, -0.25) is 14.4 Å². The van der Waals surface area contributed by atoms with Gasteiger partial charge in [-0.25, -0.2) is 4.39 Å². The molecular formula is C18H18FN3O3. The van der Waals surface area contributed by atoms with Gasteiger partial charge in [0.2, 0.25) is 11.3 Å². The normalized spacial score (nSPS) is 23.2. The molecule has 2 bridgehead atoms. The summed E-state index contributed by atoms with van der Waals surface area (Å²) >= 11 is 0. The fraction of sp³-hybridized carbons (Fsp3) is 0.389. The molecule has 130 valence electrons. The van der Waals surface area contributed by atoms with E-state index in [0.29, 0.717) is 18.6 Å². The number of pyridine rings is 1. The number of carbonyl (C=O) groups is 2. The molecule has 1 N–H and O–H groups in total. The molecule has 1 aromatic carbocycles. The zero-order valence-electron chi connectivity index (χ0n) is 13.8. The summed E-state index contributed by atoms with van der Waals surface area (Å²) in [6.07, 6.45) is 3.00. The summed E-state index contributed by atoms with van der Waals surface area (Å²) in [4.78, 5) is 44.0. The van der Waals surface area contributed by atoms with Crippen molar-refractivity contribution in [1.82, 2.24) is 14.8 Å². The number of rotatable bonds is 1. The molecule has 5 rings (SSSR count). The summed E-state index contributed by atoms with van der Waals surface area (Å²) in [6.45, 7) is 0.733. The number of piperidine rings is 1. The van der Waals surface area contributed by atoms with E-state index in [1.807, 2.05) is 0 Å². The van der Waals surface area contributed by atoms with Gasteiger partial charge in [0.05, 0.1) is 5.92 Å². The Bertz CT molecular complexity index is 939. The van der Waals surface area contributed by atoms with Crippen LogP contribution in [-0.2, 0) is 4.79 Å². The third-order valence-electron chi connectivity index (χ3n) is 5.33. The highest BCUT2D eigenvalue weighted by Gasteiger charge is 2.40. The third-order valence-corrected chi connectivity index (χ3v) is 5.33. The number of hydrogen-bond donors (Lipinski definition) is 1. The second-order valence-corrected chi connectivity index (χ2v) is 6.81. The fourth-order valence-electron chi connectivity index (χ4n) is 3.84. The van der Waals surface area contributed by atoms with E-state index in [-0.39, 0.29) is 28.8 Å². The molecule has 2 amide bonds. The molecule has 3 aliphatic rings. The van der Waals surface area contributed by atoms with Gasteiger partial charge in [0, 0.05) is 43.3 Å². The Labute approximate surface area is 143 Å². The Hall–Kier alpha value is -2.70. The van der Waals surface area contributed by atoms with Crippen molar-refractivity contribution in [2.24, 2.45) is 5.92 Å². The van der Waals surface area contributed by atoms with Crippen molar-refractivity contribution >= 4 is 22.7 Å². The number of aromatic nitrogens is 1. The lowest BCUT2D eigenvalue weighted by Crippen LogP contribution is -2.45. The average Bonchev–Trinajstić information content (AvgIpc) is 2.89. The van der Waals surface area contributed by atoms with Crippen LogP contribution < -0.4 is 5.43 Å². The van der Waals surface area contributed by atoms with Crippen LogP contribution in [0.1, 0.15) is 23.2 Å². The first-order valence-electron chi connectivity index (χ1n) is 8.32. The lowest BCUT2D eigenvalue weighted by atomic mass is 9.95. The Morgan fingerprint density at radius 1 is 1.24 bits per heavy atom. The largest absolute Gasteiger partial charge is 0.360 e. The summed E-state index contributed by atoms with van der Waals surface area (Å²) < 4.78 is 13.5. The summed E-state index contributed by atoms with van der Waals surface area (Å²) in [7, 11) is 1.76. The van der Waals surface area contributed by atoms with E-state index >= 15 is 0 Å². The zero-order valence-corrected chi connectivity index (χ0v) is 13.8. The SMILES string of the molecule is CN1C(=O)[C@@H]2CC[C@H]1CN(C(=O)c1c[nH]c3ccc(F)cc3c1=O)C2. The molecule has 3 aliphatic heterocycles. The second-order valence-electron chi connectivity index (χ2n) is 6.81. The second kappa shape index (κ2) is 5.68.